The second-order valence-corrected chi connectivity index (χ2v) is 27.4. The second kappa shape index (κ2) is 18.9. The first-order valence-electron chi connectivity index (χ1n) is 19.3. The van der Waals surface area contributed by atoms with Gasteiger partial charge in [0.2, 0.25) is 0 Å². The van der Waals surface area contributed by atoms with E-state index in [9.17, 15) is 5.11 Å². The van der Waals surface area contributed by atoms with Gasteiger partial charge in [0, 0.05) is 29.2 Å². The number of likely N-dealkylation sites (tertiary alicyclic amines) is 1. The van der Waals surface area contributed by atoms with Crippen molar-refractivity contribution in [2.24, 2.45) is 0 Å². The molecule has 0 saturated carbocycles. The van der Waals surface area contributed by atoms with Gasteiger partial charge in [0.1, 0.15) is 25.7 Å². The largest absolute Gasteiger partial charge is 2.00 e. The fourth-order valence-corrected chi connectivity index (χ4v) is 16.1. The van der Waals surface area contributed by atoms with Gasteiger partial charge in [0.15, 0.2) is 0 Å². The van der Waals surface area contributed by atoms with E-state index in [4.69, 9.17) is 4.65 Å². The summed E-state index contributed by atoms with van der Waals surface area (Å²) in [7, 11) is -2.21. The number of hydrogen-bond donors (Lipinski definition) is 2. The molecule has 7 heteroatoms. The molecular formula is C45H67MgN3OSi2+2. The molecule has 0 aromatic heterocycles. The molecule has 3 atom stereocenters. The number of likely N-dealkylation sites (N-methyl/N-ethyl adjacent to an activating group) is 1. The normalized spacial score (nSPS) is 17.1. The Kier molecular flexibility index (Phi) is 16.0. The molecule has 4 aromatic carbocycles. The number of hydrogen-bond acceptors (Lipinski definition) is 1. The Hall–Kier alpha value is -2.24. The Morgan fingerprint density at radius 3 is 1.69 bits per heavy atom. The first kappa shape index (κ1) is 44.2. The molecule has 0 radical (unpaired) electrons. The van der Waals surface area contributed by atoms with E-state index in [1.165, 1.54) is 53.1 Å². The van der Waals surface area contributed by atoms with Crippen molar-refractivity contribution in [3.05, 3.63) is 141 Å². The number of nitrogens with zero attached hydrogens (tertiary/aromatic N) is 1. The van der Waals surface area contributed by atoms with E-state index in [0.717, 1.165) is 30.8 Å². The third-order valence-electron chi connectivity index (χ3n) is 10.6. The molecule has 1 aliphatic heterocycles. The second-order valence-electron chi connectivity index (χ2n) is 17.8. The minimum absolute atomic E-state index is 0. The molecule has 4 nitrogen and oxygen atoms in total. The van der Waals surface area contributed by atoms with Crippen molar-refractivity contribution in [1.29, 1.82) is 0 Å². The number of benzene rings is 4. The van der Waals surface area contributed by atoms with Crippen molar-refractivity contribution in [3.8, 4) is 5.75 Å². The minimum Gasteiger partial charge on any atom is -0.872 e. The first-order valence-corrected chi connectivity index (χ1v) is 26.2. The van der Waals surface area contributed by atoms with Crippen LogP contribution in [0.3, 0.4) is 0 Å². The van der Waals surface area contributed by atoms with Crippen LogP contribution < -0.4 is 14.9 Å². The van der Waals surface area contributed by atoms with Crippen molar-refractivity contribution >= 4 is 39.5 Å². The van der Waals surface area contributed by atoms with Gasteiger partial charge in [-0.2, -0.15) is 0 Å². The molecule has 1 saturated heterocycles. The van der Waals surface area contributed by atoms with Crippen LogP contribution in [-0.4, -0.2) is 65.2 Å². The molecule has 5 rings (SSSR count). The van der Waals surface area contributed by atoms with Crippen LogP contribution in [0.1, 0.15) is 80.8 Å². The summed E-state index contributed by atoms with van der Waals surface area (Å²) in [5, 5.41) is 14.5. The van der Waals surface area contributed by atoms with Crippen LogP contribution in [0.25, 0.3) is 4.65 Å². The van der Waals surface area contributed by atoms with E-state index >= 15 is 0 Å². The number of nitrogens with one attached hydrogen (secondary N) is 2. The molecule has 0 amide bonds. The maximum absolute atomic E-state index is 14.5. The predicted molar refractivity (Wildman–Crippen MR) is 228 cm³/mol. The van der Waals surface area contributed by atoms with E-state index in [-0.39, 0.29) is 34.2 Å². The van der Waals surface area contributed by atoms with Crippen LogP contribution in [0, 0.1) is 0 Å². The van der Waals surface area contributed by atoms with Crippen molar-refractivity contribution in [2.75, 3.05) is 19.6 Å². The summed E-state index contributed by atoms with van der Waals surface area (Å²) in [4.78, 5) is 3.20. The molecule has 0 spiro atoms. The summed E-state index contributed by atoms with van der Waals surface area (Å²) in [6.45, 7) is 30.3. The Balaban J connectivity index is 0.000000646. The van der Waals surface area contributed by atoms with Crippen LogP contribution in [0.5, 0.6) is 5.75 Å². The predicted octanol–water partition coefficient (Wildman–Crippen LogP) is 7.71. The summed E-state index contributed by atoms with van der Waals surface area (Å²) in [5.74, 6) is 0.202. The molecular weight excluding hydrogens is 679 g/mol. The topological polar surface area (TPSA) is 46.0 Å². The zero-order valence-electron chi connectivity index (χ0n) is 34.4. The van der Waals surface area contributed by atoms with Gasteiger partial charge >= 0.3 is 23.1 Å². The van der Waals surface area contributed by atoms with Gasteiger partial charge in [-0.05, 0) is 40.8 Å². The molecule has 1 aliphatic rings. The minimum atomic E-state index is -1.11. The van der Waals surface area contributed by atoms with Crippen LogP contribution in [0.4, 0.5) is 0 Å². The fourth-order valence-electron chi connectivity index (χ4n) is 8.09. The van der Waals surface area contributed by atoms with Crippen molar-refractivity contribution in [1.82, 2.24) is 0 Å². The van der Waals surface area contributed by atoms with Crippen LogP contribution >= 0.6 is 0 Å². The van der Waals surface area contributed by atoms with Crippen molar-refractivity contribution in [2.45, 2.75) is 117 Å². The van der Waals surface area contributed by atoms with E-state index in [1.54, 1.807) is 4.90 Å². The quantitative estimate of drug-likeness (QED) is 0.135. The smallest absolute Gasteiger partial charge is 0.872 e. The molecule has 0 aliphatic carbocycles. The summed E-state index contributed by atoms with van der Waals surface area (Å²) in [6.07, 6.45) is 2.58. The third kappa shape index (κ3) is 12.4. The molecule has 2 N–H and O–H groups in total. The van der Waals surface area contributed by atoms with Crippen LogP contribution in [0.15, 0.2) is 103 Å². The van der Waals surface area contributed by atoms with Gasteiger partial charge in [-0.25, -0.2) is 0 Å². The van der Waals surface area contributed by atoms with E-state index < -0.39 is 21.9 Å². The molecule has 1 heterocycles. The molecule has 276 valence electrons. The number of quaternary nitrogens is 2. The molecule has 52 heavy (non-hydrogen) atoms. The van der Waals surface area contributed by atoms with E-state index in [0.29, 0.717) is 6.04 Å². The summed E-state index contributed by atoms with van der Waals surface area (Å²) in [6, 6.07) is 37.2. The Labute approximate surface area is 335 Å². The SMILES string of the molecule is CC[NH+]1CCC[C@H]1C[NH+](Cc1ccccc1)Cc1cc(C(C)(C)c2ccccc2)cc(C(C)(C)c2ccccc2)c1[O-].C[Si](C)(C)[N-][Si](C)(C)C.[Mg+2]. The third-order valence-corrected chi connectivity index (χ3v) is 15.9. The standard InChI is InChI=1S/C39H48N2O.C6H18NSi2.Mg/c1-6-41-24-16-23-35(41)29-40(27-30-17-10-7-11-18-30)28-31-25-34(38(2,3)32-19-12-8-13-20-32)26-36(37(31)42)39(4,5)33-21-14-9-15-22-33;1-8(2,3)7-9(4,5)6;/h7-15,17-22,25-26,35,42H,6,16,23-24,27-29H2,1-5H3;1-6H3;/q;-1;+2/p+1/t35-;;/m0../s1. The zero-order valence-corrected chi connectivity index (χ0v) is 37.8. The van der Waals surface area contributed by atoms with Gasteiger partial charge in [-0.1, -0.05) is 186 Å². The first-order chi connectivity index (χ1) is 23.9. The van der Waals surface area contributed by atoms with Gasteiger partial charge in [-0.3, -0.25) is 0 Å². The average molecular weight is 747 g/mol. The monoisotopic (exact) mass is 745 g/mol. The summed E-state index contributed by atoms with van der Waals surface area (Å²) < 4.78 is 4.82. The van der Waals surface area contributed by atoms with E-state index in [2.05, 4.69) is 171 Å². The summed E-state index contributed by atoms with van der Waals surface area (Å²) >= 11 is 0. The fraction of sp³-hybridized carbons (Fsp3) is 0.467. The molecule has 4 aromatic rings. The Morgan fingerprint density at radius 1 is 0.712 bits per heavy atom. The van der Waals surface area contributed by atoms with E-state index in [1.807, 2.05) is 6.07 Å². The van der Waals surface area contributed by atoms with Crippen LogP contribution in [0.2, 0.25) is 39.3 Å². The van der Waals surface area contributed by atoms with Crippen molar-refractivity contribution < 1.29 is 14.9 Å². The van der Waals surface area contributed by atoms with Crippen LogP contribution in [-0.2, 0) is 23.9 Å². The zero-order chi connectivity index (χ0) is 37.5. The average Bonchev–Trinajstić information content (AvgIpc) is 3.52. The van der Waals surface area contributed by atoms with Gasteiger partial charge < -0.3 is 19.6 Å². The van der Waals surface area contributed by atoms with Gasteiger partial charge in [0.05, 0.1) is 13.1 Å². The Morgan fingerprint density at radius 2 is 1.21 bits per heavy atom. The Bertz CT molecular complexity index is 1640. The van der Waals surface area contributed by atoms with Gasteiger partial charge in [-0.15, -0.1) is 0 Å². The molecule has 0 bridgehead atoms. The number of rotatable bonds is 13. The molecule has 2 unspecified atom stereocenters. The molecule has 1 fully saturated rings. The van der Waals surface area contributed by atoms with Crippen molar-refractivity contribution in [3.63, 3.8) is 0 Å². The maximum Gasteiger partial charge on any atom is 2.00 e. The van der Waals surface area contributed by atoms with Gasteiger partial charge in [0.25, 0.3) is 0 Å². The summed E-state index contributed by atoms with van der Waals surface area (Å²) in [5.41, 5.74) is 6.17. The maximum atomic E-state index is 14.5.